The van der Waals surface area contributed by atoms with E-state index < -0.39 is 5.25 Å². The lowest BCUT2D eigenvalue weighted by Crippen LogP contribution is -2.23. The predicted molar refractivity (Wildman–Crippen MR) is 101 cm³/mol. The summed E-state index contributed by atoms with van der Waals surface area (Å²) in [5.41, 5.74) is 1.49. The quantitative estimate of drug-likeness (QED) is 0.572. The van der Waals surface area contributed by atoms with Crippen molar-refractivity contribution in [1.82, 2.24) is 14.8 Å². The number of amides is 1. The van der Waals surface area contributed by atoms with Crippen molar-refractivity contribution in [2.75, 3.05) is 11.9 Å². The Labute approximate surface area is 161 Å². The van der Waals surface area contributed by atoms with E-state index in [0.29, 0.717) is 28.3 Å². The molecule has 1 N–H and O–H groups in total. The van der Waals surface area contributed by atoms with Gasteiger partial charge in [-0.2, -0.15) is 0 Å². The summed E-state index contributed by atoms with van der Waals surface area (Å²) in [6.45, 7) is 5.69. The molecule has 0 unspecified atom stereocenters. The molecule has 0 spiro atoms. The van der Waals surface area contributed by atoms with Gasteiger partial charge in [-0.25, -0.2) is 0 Å². The fraction of sp³-hybridized carbons (Fsp3) is 0.412. The zero-order chi connectivity index (χ0) is 19.3. The molecule has 0 radical (unpaired) electrons. The molecule has 7 nitrogen and oxygen atoms in total. The molecule has 1 amide bonds. The Morgan fingerprint density at radius 2 is 2.12 bits per heavy atom. The molecule has 1 heterocycles. The van der Waals surface area contributed by atoms with Crippen LogP contribution >= 0.6 is 23.4 Å². The predicted octanol–water partition coefficient (Wildman–Crippen LogP) is 3.00. The number of benzene rings is 1. The summed E-state index contributed by atoms with van der Waals surface area (Å²) < 4.78 is 6.61. The van der Waals surface area contributed by atoms with Crippen LogP contribution in [-0.4, -0.2) is 38.5 Å². The molecule has 0 saturated carbocycles. The Morgan fingerprint density at radius 3 is 2.81 bits per heavy atom. The summed E-state index contributed by atoms with van der Waals surface area (Å²) in [5, 5.41) is 11.7. The number of halogens is 1. The first-order chi connectivity index (χ1) is 12.3. The van der Waals surface area contributed by atoms with Crippen LogP contribution in [0.1, 0.15) is 25.2 Å². The van der Waals surface area contributed by atoms with E-state index in [0.717, 1.165) is 5.56 Å². The van der Waals surface area contributed by atoms with Gasteiger partial charge in [-0.1, -0.05) is 29.4 Å². The minimum absolute atomic E-state index is 0.0419. The van der Waals surface area contributed by atoms with Crippen LogP contribution in [0.2, 0.25) is 5.02 Å². The van der Waals surface area contributed by atoms with Crippen molar-refractivity contribution in [2.24, 2.45) is 7.05 Å². The number of hydrogen-bond donors (Lipinski definition) is 1. The third kappa shape index (κ3) is 4.98. The number of anilines is 1. The molecule has 0 aliphatic carbocycles. The van der Waals surface area contributed by atoms with E-state index in [4.69, 9.17) is 16.3 Å². The first-order valence-corrected chi connectivity index (χ1v) is 9.35. The summed E-state index contributed by atoms with van der Waals surface area (Å²) in [6, 6.07) is 5.36. The van der Waals surface area contributed by atoms with Crippen molar-refractivity contribution in [2.45, 2.75) is 37.6 Å². The molecule has 0 bridgehead atoms. The highest BCUT2D eigenvalue weighted by Gasteiger charge is 2.20. The molecule has 0 fully saturated rings. The molecular weight excluding hydrogens is 376 g/mol. The molecule has 1 atom stereocenters. The smallest absolute Gasteiger partial charge is 0.313 e. The number of carbonyl (C=O) groups is 2. The lowest BCUT2D eigenvalue weighted by atomic mass is 10.2. The summed E-state index contributed by atoms with van der Waals surface area (Å²) in [4.78, 5) is 24.0. The number of rotatable bonds is 7. The number of nitrogens with one attached hydrogen (secondary N) is 1. The van der Waals surface area contributed by atoms with Gasteiger partial charge in [0.25, 0.3) is 0 Å². The summed E-state index contributed by atoms with van der Waals surface area (Å²) in [7, 11) is 1.75. The van der Waals surface area contributed by atoms with Crippen LogP contribution in [0.5, 0.6) is 0 Å². The maximum absolute atomic E-state index is 12.5. The van der Waals surface area contributed by atoms with Crippen molar-refractivity contribution in [1.29, 1.82) is 0 Å². The van der Waals surface area contributed by atoms with Gasteiger partial charge in [0.1, 0.15) is 12.2 Å². The van der Waals surface area contributed by atoms with Crippen LogP contribution in [0.15, 0.2) is 23.4 Å². The van der Waals surface area contributed by atoms with Crippen molar-refractivity contribution in [3.8, 4) is 0 Å². The van der Waals surface area contributed by atoms with Crippen molar-refractivity contribution < 1.29 is 14.3 Å². The third-order valence-electron chi connectivity index (χ3n) is 3.71. The van der Waals surface area contributed by atoms with Crippen molar-refractivity contribution in [3.63, 3.8) is 0 Å². The first kappa shape index (κ1) is 20.3. The van der Waals surface area contributed by atoms with Gasteiger partial charge >= 0.3 is 5.97 Å². The number of ether oxygens (including phenoxy) is 1. The topological polar surface area (TPSA) is 86.1 Å². The number of carbonyl (C=O) groups excluding carboxylic acids is 2. The van der Waals surface area contributed by atoms with E-state index >= 15 is 0 Å². The molecule has 2 rings (SSSR count). The highest BCUT2D eigenvalue weighted by Crippen LogP contribution is 2.26. The normalized spacial score (nSPS) is 11.9. The number of thioether (sulfide) groups is 1. The second-order valence-corrected chi connectivity index (χ2v) is 7.32. The Bertz CT molecular complexity index is 809. The van der Waals surface area contributed by atoms with Gasteiger partial charge in [-0.15, -0.1) is 10.2 Å². The van der Waals surface area contributed by atoms with Crippen molar-refractivity contribution in [3.05, 3.63) is 34.6 Å². The molecule has 1 aromatic carbocycles. The SMILES string of the molecule is CCOC(=O)Cc1nnc(S[C@@H](C)C(=O)Nc2cccc(Cl)c2C)n1C. The Morgan fingerprint density at radius 1 is 1.38 bits per heavy atom. The second-order valence-electron chi connectivity index (χ2n) is 5.60. The fourth-order valence-corrected chi connectivity index (χ4v) is 3.14. The average molecular weight is 397 g/mol. The number of aromatic nitrogens is 3. The minimum atomic E-state index is -0.410. The molecule has 2 aromatic rings. The molecule has 26 heavy (non-hydrogen) atoms. The lowest BCUT2D eigenvalue weighted by Gasteiger charge is -2.13. The van der Waals surface area contributed by atoms with E-state index in [1.165, 1.54) is 11.8 Å². The second kappa shape index (κ2) is 9.05. The van der Waals surface area contributed by atoms with Crippen LogP contribution in [0, 0.1) is 6.92 Å². The van der Waals surface area contributed by atoms with Crippen LogP contribution in [0.3, 0.4) is 0 Å². The van der Waals surface area contributed by atoms with E-state index in [1.807, 2.05) is 6.92 Å². The molecule has 9 heteroatoms. The summed E-state index contributed by atoms with van der Waals surface area (Å²) >= 11 is 7.34. The van der Waals surface area contributed by atoms with Gasteiger partial charge in [0, 0.05) is 17.8 Å². The zero-order valence-corrected chi connectivity index (χ0v) is 16.6. The van der Waals surface area contributed by atoms with Crippen LogP contribution in [0.25, 0.3) is 0 Å². The van der Waals surface area contributed by atoms with Gasteiger partial charge in [0.05, 0.1) is 11.9 Å². The minimum Gasteiger partial charge on any atom is -0.466 e. The van der Waals surface area contributed by atoms with Gasteiger partial charge < -0.3 is 14.6 Å². The highest BCUT2D eigenvalue weighted by molar-refractivity contribution is 8.00. The van der Waals surface area contributed by atoms with Crippen molar-refractivity contribution >= 4 is 40.9 Å². The standard InChI is InChI=1S/C17H21ClN4O3S/c1-5-25-15(23)9-14-20-21-17(22(14)4)26-11(3)16(24)19-13-8-6-7-12(18)10(13)2/h6-8,11H,5,9H2,1-4H3,(H,19,24)/t11-/m0/s1. The van der Waals surface area contributed by atoms with Gasteiger partial charge in [-0.3, -0.25) is 9.59 Å². The summed E-state index contributed by atoms with van der Waals surface area (Å²) in [5.74, 6) is -0.0404. The monoisotopic (exact) mass is 396 g/mol. The molecule has 0 aliphatic rings. The molecular formula is C17H21ClN4O3S. The van der Waals surface area contributed by atoms with E-state index in [1.54, 1.807) is 43.7 Å². The first-order valence-electron chi connectivity index (χ1n) is 8.10. The maximum Gasteiger partial charge on any atom is 0.313 e. The Kier molecular flexibility index (Phi) is 7.05. The van der Waals surface area contributed by atoms with Gasteiger partial charge in [0.15, 0.2) is 5.16 Å². The van der Waals surface area contributed by atoms with Gasteiger partial charge in [0.2, 0.25) is 5.91 Å². The molecule has 0 saturated heterocycles. The Balaban J connectivity index is 2.02. The summed E-state index contributed by atoms with van der Waals surface area (Å²) in [6.07, 6.45) is 0.0419. The van der Waals surface area contributed by atoms with Crippen LogP contribution < -0.4 is 5.32 Å². The molecule has 0 aliphatic heterocycles. The van der Waals surface area contributed by atoms with Gasteiger partial charge in [-0.05, 0) is 38.5 Å². The maximum atomic E-state index is 12.5. The average Bonchev–Trinajstić information content (AvgIpc) is 2.92. The van der Waals surface area contributed by atoms with E-state index in [2.05, 4.69) is 15.5 Å². The largest absolute Gasteiger partial charge is 0.466 e. The number of hydrogen-bond acceptors (Lipinski definition) is 6. The Hall–Kier alpha value is -2.06. The van der Waals surface area contributed by atoms with Crippen LogP contribution in [-0.2, 0) is 27.8 Å². The number of nitrogens with zero attached hydrogens (tertiary/aromatic N) is 3. The van der Waals surface area contributed by atoms with E-state index in [9.17, 15) is 9.59 Å². The number of esters is 1. The molecule has 1 aromatic heterocycles. The third-order valence-corrected chi connectivity index (χ3v) is 5.25. The molecule has 140 valence electrons. The zero-order valence-electron chi connectivity index (χ0n) is 15.1. The fourth-order valence-electron chi connectivity index (χ4n) is 2.13. The lowest BCUT2D eigenvalue weighted by molar-refractivity contribution is -0.142. The highest BCUT2D eigenvalue weighted by atomic mass is 35.5. The van der Waals surface area contributed by atoms with E-state index in [-0.39, 0.29) is 18.3 Å². The van der Waals surface area contributed by atoms with Crippen LogP contribution in [0.4, 0.5) is 5.69 Å².